The van der Waals surface area contributed by atoms with Gasteiger partial charge < -0.3 is 10.1 Å². The topological polar surface area (TPSA) is 73.2 Å². The standard InChI is InChI=1S/C18H17N3O3S/c1-24-16-7-3-2-6-14(16)15-9-18(23)21(12-20-15)11-17(22)19-10-13-5-4-8-25-13/h2-9,12H,10-11H2,1H3,(H,19,22). The molecule has 6 nitrogen and oxygen atoms in total. The molecule has 0 aliphatic carbocycles. The molecule has 0 saturated heterocycles. The molecule has 0 spiro atoms. The van der Waals surface area contributed by atoms with E-state index < -0.39 is 0 Å². The number of aromatic nitrogens is 2. The smallest absolute Gasteiger partial charge is 0.254 e. The second kappa shape index (κ2) is 7.76. The molecule has 2 aromatic heterocycles. The fraction of sp³-hybridized carbons (Fsp3) is 0.167. The second-order valence-corrected chi connectivity index (χ2v) is 6.33. The van der Waals surface area contributed by atoms with Crippen LogP contribution in [0.15, 0.2) is 59.0 Å². The quantitative estimate of drug-likeness (QED) is 0.736. The number of rotatable bonds is 6. The molecule has 2 heterocycles. The van der Waals surface area contributed by atoms with Gasteiger partial charge in [-0.05, 0) is 23.6 Å². The van der Waals surface area contributed by atoms with Crippen LogP contribution in [0.25, 0.3) is 11.3 Å². The van der Waals surface area contributed by atoms with E-state index in [1.54, 1.807) is 24.5 Å². The van der Waals surface area contributed by atoms with Crippen LogP contribution in [0.5, 0.6) is 5.75 Å². The third-order valence-corrected chi connectivity index (χ3v) is 4.49. The van der Waals surface area contributed by atoms with Crippen LogP contribution in [0.2, 0.25) is 0 Å². The van der Waals surface area contributed by atoms with E-state index in [0.717, 1.165) is 10.4 Å². The van der Waals surface area contributed by atoms with Crippen molar-refractivity contribution in [3.63, 3.8) is 0 Å². The molecule has 25 heavy (non-hydrogen) atoms. The zero-order chi connectivity index (χ0) is 17.6. The van der Waals surface area contributed by atoms with Crippen molar-refractivity contribution >= 4 is 17.2 Å². The first-order valence-electron chi connectivity index (χ1n) is 7.66. The highest BCUT2D eigenvalue weighted by Gasteiger charge is 2.10. The molecule has 1 N–H and O–H groups in total. The summed E-state index contributed by atoms with van der Waals surface area (Å²) in [5, 5.41) is 4.74. The summed E-state index contributed by atoms with van der Waals surface area (Å²) in [5.41, 5.74) is 0.955. The van der Waals surface area contributed by atoms with Crippen molar-refractivity contribution in [3.8, 4) is 17.0 Å². The number of methoxy groups -OCH3 is 1. The van der Waals surface area contributed by atoms with Crippen LogP contribution in [0.4, 0.5) is 0 Å². The summed E-state index contributed by atoms with van der Waals surface area (Å²) >= 11 is 1.57. The maximum Gasteiger partial charge on any atom is 0.254 e. The Kier molecular flexibility index (Phi) is 5.25. The van der Waals surface area contributed by atoms with Gasteiger partial charge in [0, 0.05) is 16.5 Å². The summed E-state index contributed by atoms with van der Waals surface area (Å²) in [6.45, 7) is 0.390. The lowest BCUT2D eigenvalue weighted by Crippen LogP contribution is -2.31. The average molecular weight is 355 g/mol. The van der Waals surface area contributed by atoms with Crippen molar-refractivity contribution in [2.24, 2.45) is 0 Å². The van der Waals surface area contributed by atoms with Crippen LogP contribution in [-0.4, -0.2) is 22.6 Å². The third-order valence-electron chi connectivity index (χ3n) is 3.62. The summed E-state index contributed by atoms with van der Waals surface area (Å²) in [6.07, 6.45) is 1.38. The second-order valence-electron chi connectivity index (χ2n) is 5.30. The van der Waals surface area contributed by atoms with E-state index >= 15 is 0 Å². The molecule has 1 aromatic carbocycles. The first-order valence-corrected chi connectivity index (χ1v) is 8.54. The van der Waals surface area contributed by atoms with E-state index in [0.29, 0.717) is 18.0 Å². The van der Waals surface area contributed by atoms with Crippen LogP contribution in [-0.2, 0) is 17.9 Å². The molecular weight excluding hydrogens is 338 g/mol. The number of benzene rings is 1. The van der Waals surface area contributed by atoms with Gasteiger partial charge in [0.1, 0.15) is 12.3 Å². The summed E-state index contributed by atoms with van der Waals surface area (Å²) < 4.78 is 6.57. The molecule has 3 rings (SSSR count). The largest absolute Gasteiger partial charge is 0.496 e. The molecule has 0 aliphatic heterocycles. The van der Waals surface area contributed by atoms with Crippen LogP contribution >= 0.6 is 11.3 Å². The first-order chi connectivity index (χ1) is 12.2. The van der Waals surface area contributed by atoms with Crippen molar-refractivity contribution in [2.45, 2.75) is 13.1 Å². The highest BCUT2D eigenvalue weighted by Crippen LogP contribution is 2.26. The number of amides is 1. The van der Waals surface area contributed by atoms with Gasteiger partial charge in [-0.25, -0.2) is 4.98 Å². The molecule has 0 aliphatic rings. The SMILES string of the molecule is COc1ccccc1-c1cc(=O)n(CC(=O)NCc2cccs2)cn1. The van der Waals surface area contributed by atoms with Crippen LogP contribution in [0.1, 0.15) is 4.88 Å². The van der Waals surface area contributed by atoms with Gasteiger partial charge in [0.2, 0.25) is 5.91 Å². The van der Waals surface area contributed by atoms with Gasteiger partial charge in [-0.3, -0.25) is 14.2 Å². The molecule has 0 bridgehead atoms. The number of thiophene rings is 1. The van der Waals surface area contributed by atoms with Crippen LogP contribution in [0, 0.1) is 0 Å². The molecule has 0 fully saturated rings. The van der Waals surface area contributed by atoms with Gasteiger partial charge in [0.05, 0.1) is 25.7 Å². The van der Waals surface area contributed by atoms with E-state index in [-0.39, 0.29) is 18.0 Å². The minimum absolute atomic E-state index is 0.0661. The number of ether oxygens (including phenoxy) is 1. The minimum atomic E-state index is -0.290. The fourth-order valence-corrected chi connectivity index (χ4v) is 3.00. The molecule has 0 atom stereocenters. The van der Waals surface area contributed by atoms with Crippen molar-refractivity contribution in [2.75, 3.05) is 7.11 Å². The molecule has 7 heteroatoms. The van der Waals surface area contributed by atoms with Crippen LogP contribution in [0.3, 0.4) is 0 Å². The predicted octanol–water partition coefficient (Wildman–Crippen LogP) is 2.30. The van der Waals surface area contributed by atoms with E-state index in [4.69, 9.17) is 4.74 Å². The maximum atomic E-state index is 12.3. The number of nitrogens with one attached hydrogen (secondary N) is 1. The number of nitrogens with zero attached hydrogens (tertiary/aromatic N) is 2. The van der Waals surface area contributed by atoms with Gasteiger partial charge in [0.15, 0.2) is 0 Å². The Balaban J connectivity index is 1.71. The Morgan fingerprint density at radius 3 is 2.84 bits per heavy atom. The zero-order valence-electron chi connectivity index (χ0n) is 13.6. The molecule has 0 saturated carbocycles. The Morgan fingerprint density at radius 1 is 1.28 bits per heavy atom. The Hall–Kier alpha value is -2.93. The molecule has 3 aromatic rings. The molecule has 0 radical (unpaired) electrons. The number of carbonyl (C=O) groups is 1. The van der Waals surface area contributed by atoms with Gasteiger partial charge in [-0.2, -0.15) is 0 Å². The summed E-state index contributed by atoms with van der Waals surface area (Å²) in [5.74, 6) is 0.406. The summed E-state index contributed by atoms with van der Waals surface area (Å²) in [7, 11) is 1.57. The van der Waals surface area contributed by atoms with E-state index in [1.807, 2.05) is 35.7 Å². The fourth-order valence-electron chi connectivity index (χ4n) is 2.36. The highest BCUT2D eigenvalue weighted by atomic mass is 32.1. The van der Waals surface area contributed by atoms with Gasteiger partial charge in [0.25, 0.3) is 5.56 Å². The van der Waals surface area contributed by atoms with E-state index in [9.17, 15) is 9.59 Å². The average Bonchev–Trinajstić information content (AvgIpc) is 3.15. The van der Waals surface area contributed by atoms with Crippen molar-refractivity contribution in [3.05, 3.63) is 69.4 Å². The number of para-hydroxylation sites is 1. The van der Waals surface area contributed by atoms with Gasteiger partial charge in [-0.1, -0.05) is 18.2 Å². The molecule has 0 unspecified atom stereocenters. The van der Waals surface area contributed by atoms with Gasteiger partial charge >= 0.3 is 0 Å². The highest BCUT2D eigenvalue weighted by molar-refractivity contribution is 7.09. The third kappa shape index (κ3) is 4.13. The number of carbonyl (C=O) groups excluding carboxylic acids is 1. The molecular formula is C18H17N3O3S. The normalized spacial score (nSPS) is 10.4. The predicted molar refractivity (Wildman–Crippen MR) is 96.7 cm³/mol. The van der Waals surface area contributed by atoms with E-state index in [2.05, 4.69) is 10.3 Å². The molecule has 1 amide bonds. The molecule has 128 valence electrons. The maximum absolute atomic E-state index is 12.3. The Bertz CT molecular complexity index is 919. The Labute approximate surface area is 148 Å². The number of hydrogen-bond acceptors (Lipinski definition) is 5. The van der Waals surface area contributed by atoms with E-state index in [1.165, 1.54) is 17.0 Å². The van der Waals surface area contributed by atoms with Crippen molar-refractivity contribution in [1.82, 2.24) is 14.9 Å². The summed E-state index contributed by atoms with van der Waals surface area (Å²) in [6, 6.07) is 12.6. The van der Waals surface area contributed by atoms with Crippen molar-refractivity contribution < 1.29 is 9.53 Å². The summed E-state index contributed by atoms with van der Waals surface area (Å²) in [4.78, 5) is 29.6. The minimum Gasteiger partial charge on any atom is -0.496 e. The van der Waals surface area contributed by atoms with Gasteiger partial charge in [-0.15, -0.1) is 11.3 Å². The monoisotopic (exact) mass is 355 g/mol. The number of hydrogen-bond donors (Lipinski definition) is 1. The van der Waals surface area contributed by atoms with Crippen LogP contribution < -0.4 is 15.6 Å². The van der Waals surface area contributed by atoms with Crippen molar-refractivity contribution in [1.29, 1.82) is 0 Å². The zero-order valence-corrected chi connectivity index (χ0v) is 14.5. The lowest BCUT2D eigenvalue weighted by atomic mass is 10.1. The lowest BCUT2D eigenvalue weighted by Gasteiger charge is -2.09. The Morgan fingerprint density at radius 2 is 2.12 bits per heavy atom. The first kappa shape index (κ1) is 16.9. The lowest BCUT2D eigenvalue weighted by molar-refractivity contribution is -0.121.